The number of anilines is 1. The molecule has 41 heavy (non-hydrogen) atoms. The van der Waals surface area contributed by atoms with Gasteiger partial charge < -0.3 is 10.2 Å². The Morgan fingerprint density at radius 1 is 0.951 bits per heavy atom. The van der Waals surface area contributed by atoms with E-state index in [9.17, 15) is 31.2 Å². The summed E-state index contributed by atoms with van der Waals surface area (Å²) in [7, 11) is -4.57. The molecule has 0 heterocycles. The summed E-state index contributed by atoms with van der Waals surface area (Å²) in [6.07, 6.45) is -3.93. The van der Waals surface area contributed by atoms with E-state index < -0.39 is 51.9 Å². The van der Waals surface area contributed by atoms with Crippen LogP contribution in [0.2, 0.25) is 5.02 Å². The summed E-state index contributed by atoms with van der Waals surface area (Å²) in [5.41, 5.74) is -0.969. The zero-order valence-corrected chi connectivity index (χ0v) is 24.1. The summed E-state index contributed by atoms with van der Waals surface area (Å²) in [4.78, 5) is 28.0. The van der Waals surface area contributed by atoms with E-state index in [-0.39, 0.29) is 22.9 Å². The lowest BCUT2D eigenvalue weighted by Gasteiger charge is -2.33. The first-order valence-electron chi connectivity index (χ1n) is 13.0. The molecule has 0 aliphatic rings. The van der Waals surface area contributed by atoms with E-state index in [0.717, 1.165) is 12.1 Å². The second kappa shape index (κ2) is 13.9. The number of halogens is 4. The van der Waals surface area contributed by atoms with E-state index in [1.165, 1.54) is 29.2 Å². The van der Waals surface area contributed by atoms with Crippen LogP contribution in [0.1, 0.15) is 37.8 Å². The molecule has 0 bridgehead atoms. The summed E-state index contributed by atoms with van der Waals surface area (Å²) in [5.74, 6) is -1.21. The summed E-state index contributed by atoms with van der Waals surface area (Å²) >= 11 is 6.26. The minimum Gasteiger partial charge on any atom is -0.354 e. The van der Waals surface area contributed by atoms with Crippen molar-refractivity contribution in [2.24, 2.45) is 0 Å². The lowest BCUT2D eigenvalue weighted by atomic mass is 10.1. The lowest BCUT2D eigenvalue weighted by Crippen LogP contribution is -2.52. The number of carbonyl (C=O) groups excluding carboxylic acids is 2. The molecule has 1 unspecified atom stereocenters. The Hall–Kier alpha value is -3.57. The third-order valence-corrected chi connectivity index (χ3v) is 8.38. The molecule has 1 atom stereocenters. The second-order valence-corrected chi connectivity index (χ2v) is 11.5. The molecule has 3 rings (SSSR count). The van der Waals surface area contributed by atoms with Crippen molar-refractivity contribution in [3.8, 4) is 0 Å². The molecule has 12 heteroatoms. The van der Waals surface area contributed by atoms with E-state index in [1.807, 2.05) is 6.92 Å². The number of nitrogens with one attached hydrogen (secondary N) is 1. The number of carbonyl (C=O) groups is 2. The number of amides is 2. The highest BCUT2D eigenvalue weighted by Gasteiger charge is 2.36. The summed E-state index contributed by atoms with van der Waals surface area (Å²) in [6, 6.07) is 17.1. The lowest BCUT2D eigenvalue weighted by molar-refractivity contribution is -0.140. The Morgan fingerprint density at radius 3 is 2.12 bits per heavy atom. The standard InChI is InChI=1S/C29H31ClF3N3O4S/c1-3-17-34-28(38)25(4-2)35(19-21-11-7-5-8-12-21)27(37)20-36(41(39,40)23-13-9-6-10-14-23)26-18-22(29(31,32)33)15-16-24(26)30/h5-16,18,25H,3-4,17,19-20H2,1-2H3,(H,34,38). The molecule has 0 radical (unpaired) electrons. The van der Waals surface area contributed by atoms with Crippen LogP contribution < -0.4 is 9.62 Å². The average molecular weight is 610 g/mol. The Bertz CT molecular complexity index is 1440. The molecule has 0 spiro atoms. The van der Waals surface area contributed by atoms with Crippen molar-refractivity contribution in [3.05, 3.63) is 95.0 Å². The van der Waals surface area contributed by atoms with Crippen LogP contribution in [-0.4, -0.2) is 44.3 Å². The maximum atomic E-state index is 14.0. The molecule has 7 nitrogen and oxygen atoms in total. The van der Waals surface area contributed by atoms with Crippen LogP contribution in [0.25, 0.3) is 0 Å². The molecule has 3 aromatic carbocycles. The third kappa shape index (κ3) is 8.01. The summed E-state index contributed by atoms with van der Waals surface area (Å²) in [5, 5.41) is 2.47. The molecule has 220 valence electrons. The summed E-state index contributed by atoms with van der Waals surface area (Å²) in [6.45, 7) is 3.02. The number of benzene rings is 3. The van der Waals surface area contributed by atoms with Gasteiger partial charge in [-0.1, -0.05) is 74.0 Å². The Labute approximate surface area is 243 Å². The smallest absolute Gasteiger partial charge is 0.354 e. The van der Waals surface area contributed by atoms with Crippen LogP contribution in [0.4, 0.5) is 18.9 Å². The van der Waals surface area contributed by atoms with Crippen molar-refractivity contribution in [2.75, 3.05) is 17.4 Å². The minimum atomic E-state index is -4.80. The number of hydrogen-bond acceptors (Lipinski definition) is 4. The molecule has 0 aliphatic carbocycles. The predicted octanol–water partition coefficient (Wildman–Crippen LogP) is 5.89. The molecule has 0 saturated carbocycles. The summed E-state index contributed by atoms with van der Waals surface area (Å²) < 4.78 is 69.1. The van der Waals surface area contributed by atoms with Gasteiger partial charge in [-0.3, -0.25) is 13.9 Å². The monoisotopic (exact) mass is 609 g/mol. The zero-order valence-electron chi connectivity index (χ0n) is 22.6. The molecular weight excluding hydrogens is 579 g/mol. The topological polar surface area (TPSA) is 86.8 Å². The largest absolute Gasteiger partial charge is 0.416 e. The van der Waals surface area contributed by atoms with Crippen LogP contribution in [-0.2, 0) is 32.3 Å². The van der Waals surface area contributed by atoms with E-state index in [2.05, 4.69) is 5.32 Å². The van der Waals surface area contributed by atoms with Crippen molar-refractivity contribution in [1.82, 2.24) is 10.2 Å². The maximum Gasteiger partial charge on any atom is 0.416 e. The molecule has 0 saturated heterocycles. The SMILES string of the molecule is CCCNC(=O)C(CC)N(Cc1ccccc1)C(=O)CN(c1cc(C(F)(F)F)ccc1Cl)S(=O)(=O)c1ccccc1. The fourth-order valence-corrected chi connectivity index (χ4v) is 5.89. The van der Waals surface area contributed by atoms with Crippen LogP contribution in [0.15, 0.2) is 83.8 Å². The van der Waals surface area contributed by atoms with Gasteiger partial charge in [0.25, 0.3) is 10.0 Å². The van der Waals surface area contributed by atoms with Crippen LogP contribution in [0.5, 0.6) is 0 Å². The van der Waals surface area contributed by atoms with Crippen LogP contribution in [0, 0.1) is 0 Å². The Balaban J connectivity index is 2.13. The fraction of sp³-hybridized carbons (Fsp3) is 0.310. The minimum absolute atomic E-state index is 0.0345. The van der Waals surface area contributed by atoms with Crippen LogP contribution >= 0.6 is 11.6 Å². The van der Waals surface area contributed by atoms with Crippen molar-refractivity contribution in [2.45, 2.75) is 50.3 Å². The first kappa shape index (κ1) is 32.0. The molecule has 0 aliphatic heterocycles. The number of alkyl halides is 3. The Kier molecular flexibility index (Phi) is 10.8. The van der Waals surface area contributed by atoms with Gasteiger partial charge in [0.1, 0.15) is 12.6 Å². The van der Waals surface area contributed by atoms with Gasteiger partial charge in [0.2, 0.25) is 11.8 Å². The van der Waals surface area contributed by atoms with Crippen LogP contribution in [0.3, 0.4) is 0 Å². The first-order valence-corrected chi connectivity index (χ1v) is 14.8. The molecule has 3 aromatic rings. The number of rotatable bonds is 12. The highest BCUT2D eigenvalue weighted by molar-refractivity contribution is 7.92. The Morgan fingerprint density at radius 2 is 1.56 bits per heavy atom. The number of nitrogens with zero attached hydrogens (tertiary/aromatic N) is 2. The van der Waals surface area contributed by atoms with E-state index >= 15 is 0 Å². The van der Waals surface area contributed by atoms with Gasteiger partial charge in [-0.05, 0) is 48.7 Å². The third-order valence-electron chi connectivity index (χ3n) is 6.28. The number of hydrogen-bond donors (Lipinski definition) is 1. The van der Waals surface area contributed by atoms with E-state index in [1.54, 1.807) is 43.3 Å². The van der Waals surface area contributed by atoms with Crippen molar-refractivity contribution in [1.29, 1.82) is 0 Å². The maximum absolute atomic E-state index is 14.0. The average Bonchev–Trinajstić information content (AvgIpc) is 2.95. The zero-order chi connectivity index (χ0) is 30.2. The quantitative estimate of drug-likeness (QED) is 0.278. The fourth-order valence-electron chi connectivity index (χ4n) is 4.18. The van der Waals surface area contributed by atoms with E-state index in [0.29, 0.717) is 28.9 Å². The van der Waals surface area contributed by atoms with Gasteiger partial charge in [-0.15, -0.1) is 0 Å². The van der Waals surface area contributed by atoms with Crippen molar-refractivity contribution >= 4 is 39.1 Å². The predicted molar refractivity (Wildman–Crippen MR) is 152 cm³/mol. The first-order chi connectivity index (χ1) is 19.4. The van der Waals surface area contributed by atoms with Gasteiger partial charge in [0.15, 0.2) is 0 Å². The highest BCUT2D eigenvalue weighted by atomic mass is 35.5. The molecule has 0 fully saturated rings. The van der Waals surface area contributed by atoms with Gasteiger partial charge in [-0.25, -0.2) is 8.42 Å². The molecule has 0 aromatic heterocycles. The van der Waals surface area contributed by atoms with Gasteiger partial charge in [-0.2, -0.15) is 13.2 Å². The number of sulfonamides is 1. The molecular formula is C29H31ClF3N3O4S. The highest BCUT2D eigenvalue weighted by Crippen LogP contribution is 2.37. The normalized spacial score (nSPS) is 12.4. The molecule has 2 amide bonds. The second-order valence-electron chi connectivity index (χ2n) is 9.21. The van der Waals surface area contributed by atoms with E-state index in [4.69, 9.17) is 11.6 Å². The van der Waals surface area contributed by atoms with Gasteiger partial charge in [0.05, 0.1) is 21.2 Å². The van der Waals surface area contributed by atoms with Crippen molar-refractivity contribution < 1.29 is 31.2 Å². The molecule has 1 N–H and O–H groups in total. The van der Waals surface area contributed by atoms with Crippen molar-refractivity contribution in [3.63, 3.8) is 0 Å². The van der Waals surface area contributed by atoms with Gasteiger partial charge in [0, 0.05) is 13.1 Å². The van der Waals surface area contributed by atoms with Gasteiger partial charge >= 0.3 is 6.18 Å².